The van der Waals surface area contributed by atoms with Gasteiger partial charge in [-0.1, -0.05) is 84.9 Å². The van der Waals surface area contributed by atoms with Crippen molar-refractivity contribution in [3.8, 4) is 5.75 Å². The molecule has 4 rings (SSSR count). The van der Waals surface area contributed by atoms with E-state index >= 15 is 0 Å². The first-order valence-corrected chi connectivity index (χ1v) is 16.8. The average Bonchev–Trinajstić information content (AvgIpc) is 2.99. The molecule has 1 aliphatic carbocycles. The average molecular weight is 647 g/mol. The summed E-state index contributed by atoms with van der Waals surface area (Å²) in [6.45, 7) is -0.455. The van der Waals surface area contributed by atoms with Crippen molar-refractivity contribution in [1.82, 2.24) is 10.2 Å². The lowest BCUT2D eigenvalue weighted by Crippen LogP contribution is -2.55. The van der Waals surface area contributed by atoms with Crippen LogP contribution in [-0.2, 0) is 32.6 Å². The number of nitrogens with zero attached hydrogens (tertiary/aromatic N) is 2. The Morgan fingerprint density at radius 2 is 1.63 bits per heavy atom. The number of ether oxygens (including phenoxy) is 1. The smallest absolute Gasteiger partial charge is 0.244 e. The summed E-state index contributed by atoms with van der Waals surface area (Å²) in [6, 6.07) is 20.1. The topological polar surface area (TPSA) is 96.0 Å². The van der Waals surface area contributed by atoms with Gasteiger partial charge in [-0.05, 0) is 54.3 Å². The van der Waals surface area contributed by atoms with E-state index in [0.717, 1.165) is 53.8 Å². The van der Waals surface area contributed by atoms with Crippen molar-refractivity contribution in [2.24, 2.45) is 0 Å². The highest BCUT2D eigenvalue weighted by Gasteiger charge is 2.34. The number of nitrogens with one attached hydrogen (secondary N) is 1. The van der Waals surface area contributed by atoms with Crippen LogP contribution in [0.1, 0.15) is 43.2 Å². The quantitative estimate of drug-likeness (QED) is 0.266. The number of sulfonamides is 1. The zero-order valence-electron chi connectivity index (χ0n) is 24.3. The monoisotopic (exact) mass is 645 g/mol. The number of hydrogen-bond acceptors (Lipinski definition) is 5. The molecule has 230 valence electrons. The SMILES string of the molecule is COc1ccc(N(CC(=O)N(Cc2ccc(Cl)cc2)C(Cc2ccccc2)C(=O)NC2CCCCC2)S(C)(=O)=O)cc1Cl. The van der Waals surface area contributed by atoms with Gasteiger partial charge in [0.2, 0.25) is 21.8 Å². The fourth-order valence-electron chi connectivity index (χ4n) is 5.31. The van der Waals surface area contributed by atoms with Gasteiger partial charge in [-0.2, -0.15) is 0 Å². The van der Waals surface area contributed by atoms with Crippen LogP contribution >= 0.6 is 23.2 Å². The maximum Gasteiger partial charge on any atom is 0.244 e. The van der Waals surface area contributed by atoms with E-state index in [1.807, 2.05) is 30.3 Å². The molecule has 0 saturated heterocycles. The third-order valence-electron chi connectivity index (χ3n) is 7.59. The highest BCUT2D eigenvalue weighted by Crippen LogP contribution is 2.30. The summed E-state index contributed by atoms with van der Waals surface area (Å²) in [6.07, 6.45) is 6.26. The molecule has 0 heterocycles. The number of carbonyl (C=O) groups excluding carboxylic acids is 2. The molecule has 11 heteroatoms. The van der Waals surface area contributed by atoms with Gasteiger partial charge in [0.1, 0.15) is 18.3 Å². The molecule has 1 atom stereocenters. The summed E-state index contributed by atoms with van der Waals surface area (Å²) in [7, 11) is -2.46. The minimum Gasteiger partial charge on any atom is -0.495 e. The van der Waals surface area contributed by atoms with E-state index in [4.69, 9.17) is 27.9 Å². The lowest BCUT2D eigenvalue weighted by Gasteiger charge is -2.35. The van der Waals surface area contributed by atoms with Gasteiger partial charge in [0.15, 0.2) is 0 Å². The third-order valence-corrected chi connectivity index (χ3v) is 9.28. The zero-order valence-corrected chi connectivity index (χ0v) is 26.7. The summed E-state index contributed by atoms with van der Waals surface area (Å²) < 4.78 is 32.2. The van der Waals surface area contributed by atoms with Crippen molar-refractivity contribution >= 4 is 50.7 Å². The molecule has 0 aliphatic heterocycles. The third kappa shape index (κ3) is 9.11. The largest absolute Gasteiger partial charge is 0.495 e. The van der Waals surface area contributed by atoms with Crippen molar-refractivity contribution in [1.29, 1.82) is 0 Å². The number of halogens is 2. The second-order valence-corrected chi connectivity index (χ2v) is 13.5. The first kappa shape index (κ1) is 32.6. The van der Waals surface area contributed by atoms with Gasteiger partial charge in [-0.15, -0.1) is 0 Å². The molecule has 1 unspecified atom stereocenters. The second-order valence-electron chi connectivity index (χ2n) is 10.8. The van der Waals surface area contributed by atoms with Crippen LogP contribution in [0.2, 0.25) is 10.0 Å². The molecule has 8 nitrogen and oxygen atoms in total. The van der Waals surface area contributed by atoms with E-state index in [1.165, 1.54) is 24.1 Å². The highest BCUT2D eigenvalue weighted by atomic mass is 35.5. The van der Waals surface area contributed by atoms with Gasteiger partial charge >= 0.3 is 0 Å². The van der Waals surface area contributed by atoms with Gasteiger partial charge in [-0.3, -0.25) is 13.9 Å². The molecule has 0 radical (unpaired) electrons. The van der Waals surface area contributed by atoms with Crippen molar-refractivity contribution in [3.05, 3.63) is 94.0 Å². The molecule has 1 saturated carbocycles. The summed E-state index contributed by atoms with van der Waals surface area (Å²) in [5.41, 5.74) is 1.83. The number of amides is 2. The Bertz CT molecular complexity index is 1500. The van der Waals surface area contributed by atoms with E-state index in [2.05, 4.69) is 5.32 Å². The van der Waals surface area contributed by atoms with Crippen LogP contribution in [0.4, 0.5) is 5.69 Å². The first-order valence-electron chi connectivity index (χ1n) is 14.2. The van der Waals surface area contributed by atoms with Crippen molar-refractivity contribution in [2.75, 3.05) is 24.2 Å². The minimum atomic E-state index is -3.92. The Morgan fingerprint density at radius 1 is 0.953 bits per heavy atom. The second kappa shape index (κ2) is 14.9. The number of hydrogen-bond donors (Lipinski definition) is 1. The van der Waals surface area contributed by atoms with Crippen LogP contribution in [0.25, 0.3) is 0 Å². The van der Waals surface area contributed by atoms with E-state index in [-0.39, 0.29) is 35.6 Å². The van der Waals surface area contributed by atoms with E-state index in [1.54, 1.807) is 30.3 Å². The first-order chi connectivity index (χ1) is 20.5. The van der Waals surface area contributed by atoms with Crippen molar-refractivity contribution < 1.29 is 22.7 Å². The number of carbonyl (C=O) groups is 2. The van der Waals surface area contributed by atoms with Crippen LogP contribution in [0, 0.1) is 0 Å². The van der Waals surface area contributed by atoms with E-state index in [9.17, 15) is 18.0 Å². The molecule has 1 N–H and O–H groups in total. The lowest BCUT2D eigenvalue weighted by molar-refractivity contribution is -0.140. The highest BCUT2D eigenvalue weighted by molar-refractivity contribution is 7.92. The van der Waals surface area contributed by atoms with Gasteiger partial charge in [0, 0.05) is 24.0 Å². The zero-order chi connectivity index (χ0) is 31.0. The summed E-state index contributed by atoms with van der Waals surface area (Å²) in [5, 5.41) is 3.93. The molecule has 3 aromatic carbocycles. The molecule has 0 aromatic heterocycles. The van der Waals surface area contributed by atoms with Crippen LogP contribution in [0.15, 0.2) is 72.8 Å². The van der Waals surface area contributed by atoms with Crippen LogP contribution in [-0.4, -0.2) is 57.1 Å². The molecule has 1 aliphatic rings. The number of benzene rings is 3. The molecule has 43 heavy (non-hydrogen) atoms. The predicted molar refractivity (Wildman–Crippen MR) is 171 cm³/mol. The summed E-state index contributed by atoms with van der Waals surface area (Å²) >= 11 is 12.4. The molecule has 3 aromatic rings. The van der Waals surface area contributed by atoms with Crippen LogP contribution < -0.4 is 14.4 Å². The number of rotatable bonds is 12. The van der Waals surface area contributed by atoms with Crippen molar-refractivity contribution in [3.63, 3.8) is 0 Å². The molecule has 2 amide bonds. The Hall–Kier alpha value is -3.27. The fraction of sp³-hybridized carbons (Fsp3) is 0.375. The number of methoxy groups -OCH3 is 1. The Balaban J connectivity index is 1.72. The van der Waals surface area contributed by atoms with Crippen molar-refractivity contribution in [2.45, 2.75) is 57.2 Å². The number of anilines is 1. The van der Waals surface area contributed by atoms with Gasteiger partial charge in [0.25, 0.3) is 0 Å². The normalized spacial score (nSPS) is 14.5. The molecular formula is C32H37Cl2N3O5S. The van der Waals surface area contributed by atoms with Gasteiger partial charge < -0.3 is 15.0 Å². The lowest BCUT2D eigenvalue weighted by atomic mass is 9.94. The predicted octanol–water partition coefficient (Wildman–Crippen LogP) is 5.86. The maximum atomic E-state index is 14.2. The Morgan fingerprint density at radius 3 is 2.23 bits per heavy atom. The van der Waals surface area contributed by atoms with Gasteiger partial charge in [0.05, 0.1) is 24.1 Å². The summed E-state index contributed by atoms with van der Waals surface area (Å²) in [5.74, 6) is -0.430. The molecule has 0 bridgehead atoms. The minimum absolute atomic E-state index is 0.0287. The molecule has 1 fully saturated rings. The summed E-state index contributed by atoms with van der Waals surface area (Å²) in [4.78, 5) is 29.7. The fourth-order valence-corrected chi connectivity index (χ4v) is 6.53. The van der Waals surface area contributed by atoms with Crippen LogP contribution in [0.3, 0.4) is 0 Å². The van der Waals surface area contributed by atoms with E-state index in [0.29, 0.717) is 10.8 Å². The standard InChI is InChI=1S/C32H37Cl2N3O5S/c1-42-30-18-17-27(20-28(30)34)37(43(2,40)41)22-31(38)36(21-24-13-15-25(33)16-14-24)29(19-23-9-5-3-6-10-23)32(39)35-26-11-7-4-8-12-26/h3,5-6,9-10,13-18,20,26,29H,4,7-8,11-12,19,21-22H2,1-2H3,(H,35,39). The van der Waals surface area contributed by atoms with E-state index < -0.39 is 28.5 Å². The molecular weight excluding hydrogens is 609 g/mol. The van der Waals surface area contributed by atoms with Crippen LogP contribution in [0.5, 0.6) is 5.75 Å². The maximum absolute atomic E-state index is 14.2. The Labute approximate surface area is 264 Å². The van der Waals surface area contributed by atoms with Gasteiger partial charge in [-0.25, -0.2) is 8.42 Å². The Kier molecular flexibility index (Phi) is 11.3. The molecule has 0 spiro atoms.